The van der Waals surface area contributed by atoms with Crippen LogP contribution in [-0.4, -0.2) is 56.9 Å². The zero-order chi connectivity index (χ0) is 19.9. The number of piperidine rings is 1. The fourth-order valence-electron chi connectivity index (χ4n) is 3.06. The van der Waals surface area contributed by atoms with Gasteiger partial charge in [-0.15, -0.1) is 12.4 Å². The molecule has 1 saturated heterocycles. The summed E-state index contributed by atoms with van der Waals surface area (Å²) in [5.74, 6) is -0.667. The minimum absolute atomic E-state index is 0. The number of ether oxygens (including phenoxy) is 1. The average molecular weight is 434 g/mol. The van der Waals surface area contributed by atoms with Crippen molar-refractivity contribution in [2.75, 3.05) is 26.2 Å². The number of sulfonamides is 1. The fraction of sp³-hybridized carbons (Fsp3) is 0.556. The van der Waals surface area contributed by atoms with Gasteiger partial charge in [0.15, 0.2) is 0 Å². The molecule has 1 aliphatic heterocycles. The average Bonchev–Trinajstić information content (AvgIpc) is 2.67. The molecule has 1 amide bonds. The third-order valence-corrected chi connectivity index (χ3v) is 6.42. The van der Waals surface area contributed by atoms with E-state index in [1.807, 2.05) is 0 Å². The SMILES string of the molecule is CCOC(=O)c1ccc(S(=O)(=O)N2CCCCC2CNC(=O)CCN)cc1.Cl. The zero-order valence-electron chi connectivity index (χ0n) is 15.9. The molecule has 8 nitrogen and oxygen atoms in total. The van der Waals surface area contributed by atoms with E-state index in [-0.39, 0.29) is 55.4 Å². The molecule has 10 heteroatoms. The first-order valence-corrected chi connectivity index (χ1v) is 10.6. The second kappa shape index (κ2) is 11.4. The number of esters is 1. The van der Waals surface area contributed by atoms with Crippen LogP contribution < -0.4 is 11.1 Å². The minimum Gasteiger partial charge on any atom is -0.462 e. The monoisotopic (exact) mass is 433 g/mol. The predicted molar refractivity (Wildman–Crippen MR) is 108 cm³/mol. The van der Waals surface area contributed by atoms with Gasteiger partial charge in [0.25, 0.3) is 0 Å². The molecule has 0 aromatic heterocycles. The summed E-state index contributed by atoms with van der Waals surface area (Å²) in [6, 6.07) is 5.44. The van der Waals surface area contributed by atoms with Crippen LogP contribution in [0, 0.1) is 0 Å². The van der Waals surface area contributed by atoms with E-state index in [0.29, 0.717) is 18.5 Å². The molecule has 0 radical (unpaired) electrons. The zero-order valence-corrected chi connectivity index (χ0v) is 17.6. The Bertz CT molecular complexity index is 755. The molecule has 2 rings (SSSR count). The second-order valence-electron chi connectivity index (χ2n) is 6.35. The summed E-state index contributed by atoms with van der Waals surface area (Å²) in [7, 11) is -3.72. The van der Waals surface area contributed by atoms with Crippen molar-refractivity contribution in [2.45, 2.75) is 43.5 Å². The summed E-state index contributed by atoms with van der Waals surface area (Å²) in [4.78, 5) is 23.5. The molecule has 1 aliphatic rings. The lowest BCUT2D eigenvalue weighted by atomic mass is 10.1. The smallest absolute Gasteiger partial charge is 0.338 e. The molecule has 0 bridgehead atoms. The summed E-state index contributed by atoms with van der Waals surface area (Å²) in [6.07, 6.45) is 2.58. The Morgan fingerprint density at radius 2 is 1.93 bits per heavy atom. The van der Waals surface area contributed by atoms with Crippen molar-refractivity contribution < 1.29 is 22.7 Å². The molecule has 1 fully saturated rings. The third kappa shape index (κ3) is 6.16. The summed E-state index contributed by atoms with van der Waals surface area (Å²) < 4.78 is 32.5. The quantitative estimate of drug-likeness (QED) is 0.596. The van der Waals surface area contributed by atoms with Crippen molar-refractivity contribution in [2.24, 2.45) is 5.73 Å². The van der Waals surface area contributed by atoms with Crippen LogP contribution in [0.4, 0.5) is 0 Å². The Morgan fingerprint density at radius 3 is 2.54 bits per heavy atom. The molecule has 1 atom stereocenters. The highest BCUT2D eigenvalue weighted by Crippen LogP contribution is 2.25. The van der Waals surface area contributed by atoms with Crippen molar-refractivity contribution in [1.29, 1.82) is 0 Å². The topological polar surface area (TPSA) is 119 Å². The van der Waals surface area contributed by atoms with Gasteiger partial charge in [0.05, 0.1) is 17.1 Å². The molecule has 1 aromatic carbocycles. The minimum atomic E-state index is -3.72. The summed E-state index contributed by atoms with van der Waals surface area (Å²) >= 11 is 0. The highest BCUT2D eigenvalue weighted by molar-refractivity contribution is 7.89. The Hall–Kier alpha value is -1.68. The molecule has 0 saturated carbocycles. The van der Waals surface area contributed by atoms with Crippen LogP contribution in [0.15, 0.2) is 29.2 Å². The van der Waals surface area contributed by atoms with Crippen molar-refractivity contribution in [3.8, 4) is 0 Å². The van der Waals surface area contributed by atoms with Gasteiger partial charge in [0.2, 0.25) is 15.9 Å². The van der Waals surface area contributed by atoms with Gasteiger partial charge in [0.1, 0.15) is 0 Å². The van der Waals surface area contributed by atoms with E-state index in [2.05, 4.69) is 5.32 Å². The van der Waals surface area contributed by atoms with Crippen molar-refractivity contribution in [3.63, 3.8) is 0 Å². The number of hydrogen-bond acceptors (Lipinski definition) is 6. The first-order chi connectivity index (χ1) is 12.9. The van der Waals surface area contributed by atoms with Gasteiger partial charge in [0, 0.05) is 32.1 Å². The van der Waals surface area contributed by atoms with Crippen molar-refractivity contribution in [1.82, 2.24) is 9.62 Å². The number of nitrogens with one attached hydrogen (secondary N) is 1. The summed E-state index contributed by atoms with van der Waals surface area (Å²) in [6.45, 7) is 2.88. The Labute approximate surface area is 172 Å². The number of amides is 1. The van der Waals surface area contributed by atoms with Gasteiger partial charge in [-0.2, -0.15) is 4.31 Å². The molecular formula is C18H28ClN3O5S. The normalized spacial score (nSPS) is 17.4. The van der Waals surface area contributed by atoms with Gasteiger partial charge in [-0.05, 0) is 44.0 Å². The number of halogens is 1. The standard InChI is InChI=1S/C18H27N3O5S.ClH/c1-2-26-18(23)14-6-8-16(9-7-14)27(24,25)21-12-4-3-5-15(21)13-20-17(22)10-11-19;/h6-9,15H,2-5,10-13,19H2,1H3,(H,20,22);1H. The summed E-state index contributed by atoms with van der Waals surface area (Å²) in [5.41, 5.74) is 5.67. The van der Waals surface area contributed by atoms with Crippen molar-refractivity contribution >= 4 is 34.3 Å². The van der Waals surface area contributed by atoms with Crippen LogP contribution in [0.25, 0.3) is 0 Å². The Kier molecular flexibility index (Phi) is 9.88. The number of carbonyl (C=O) groups excluding carboxylic acids is 2. The van der Waals surface area contributed by atoms with Crippen LogP contribution in [-0.2, 0) is 19.6 Å². The second-order valence-corrected chi connectivity index (χ2v) is 8.24. The number of carbonyl (C=O) groups is 2. The largest absolute Gasteiger partial charge is 0.462 e. The van der Waals surface area contributed by atoms with E-state index in [9.17, 15) is 18.0 Å². The first kappa shape index (κ1) is 24.4. The maximum absolute atomic E-state index is 13.1. The van der Waals surface area contributed by atoms with Gasteiger partial charge < -0.3 is 15.8 Å². The Morgan fingerprint density at radius 1 is 1.25 bits per heavy atom. The molecule has 158 valence electrons. The van der Waals surface area contributed by atoms with E-state index in [1.54, 1.807) is 6.92 Å². The highest BCUT2D eigenvalue weighted by Gasteiger charge is 2.33. The van der Waals surface area contributed by atoms with Gasteiger partial charge in [-0.25, -0.2) is 13.2 Å². The molecule has 3 N–H and O–H groups in total. The Balaban J connectivity index is 0.00000392. The molecule has 0 aliphatic carbocycles. The number of benzene rings is 1. The van der Waals surface area contributed by atoms with E-state index in [1.165, 1.54) is 28.6 Å². The van der Waals surface area contributed by atoms with Crippen LogP contribution in [0.3, 0.4) is 0 Å². The van der Waals surface area contributed by atoms with E-state index >= 15 is 0 Å². The van der Waals surface area contributed by atoms with Gasteiger partial charge >= 0.3 is 5.97 Å². The maximum atomic E-state index is 13.1. The van der Waals surface area contributed by atoms with Crippen molar-refractivity contribution in [3.05, 3.63) is 29.8 Å². The van der Waals surface area contributed by atoms with Gasteiger partial charge in [-0.1, -0.05) is 6.42 Å². The van der Waals surface area contributed by atoms with Crippen LogP contribution >= 0.6 is 12.4 Å². The molecule has 1 heterocycles. The maximum Gasteiger partial charge on any atom is 0.338 e. The van der Waals surface area contributed by atoms with E-state index in [4.69, 9.17) is 10.5 Å². The molecular weight excluding hydrogens is 406 g/mol. The number of nitrogens with zero attached hydrogens (tertiary/aromatic N) is 1. The lowest BCUT2D eigenvalue weighted by molar-refractivity contribution is -0.121. The van der Waals surface area contributed by atoms with Crippen LogP contribution in [0.1, 0.15) is 43.0 Å². The number of hydrogen-bond donors (Lipinski definition) is 2. The lowest BCUT2D eigenvalue weighted by Crippen LogP contribution is -2.49. The lowest BCUT2D eigenvalue weighted by Gasteiger charge is -2.34. The van der Waals surface area contributed by atoms with Crippen LogP contribution in [0.2, 0.25) is 0 Å². The molecule has 0 spiro atoms. The number of rotatable bonds is 8. The summed E-state index contributed by atoms with van der Waals surface area (Å²) in [5, 5.41) is 2.76. The molecule has 28 heavy (non-hydrogen) atoms. The van der Waals surface area contributed by atoms with Crippen LogP contribution in [0.5, 0.6) is 0 Å². The van der Waals surface area contributed by atoms with E-state index < -0.39 is 16.0 Å². The number of nitrogens with two attached hydrogens (primary N) is 1. The third-order valence-electron chi connectivity index (χ3n) is 4.45. The first-order valence-electron chi connectivity index (χ1n) is 9.16. The van der Waals surface area contributed by atoms with E-state index in [0.717, 1.165) is 12.8 Å². The van der Waals surface area contributed by atoms with Gasteiger partial charge in [-0.3, -0.25) is 4.79 Å². The molecule has 1 aromatic rings. The fourth-order valence-corrected chi connectivity index (χ4v) is 4.75. The highest BCUT2D eigenvalue weighted by atomic mass is 35.5. The molecule has 1 unspecified atom stereocenters. The predicted octanol–water partition coefficient (Wildman–Crippen LogP) is 1.29.